The van der Waals surface area contributed by atoms with Crippen molar-refractivity contribution in [2.45, 2.75) is 26.4 Å². The Kier molecular flexibility index (Phi) is 4.38. The zero-order valence-corrected chi connectivity index (χ0v) is 11.9. The summed E-state index contributed by atoms with van der Waals surface area (Å²) in [5, 5.41) is 5.96. The molecule has 1 aromatic heterocycles. The van der Waals surface area contributed by atoms with Crippen LogP contribution in [0.1, 0.15) is 29.0 Å². The van der Waals surface area contributed by atoms with Crippen molar-refractivity contribution in [3.63, 3.8) is 0 Å². The SMILES string of the molecule is Cc1ccsc1CNC(C)c1ccc(F)cc1Cl. The van der Waals surface area contributed by atoms with Crippen molar-refractivity contribution in [2.24, 2.45) is 0 Å². The molecule has 0 saturated heterocycles. The Morgan fingerprint density at radius 1 is 1.39 bits per heavy atom. The monoisotopic (exact) mass is 283 g/mol. The molecule has 0 aliphatic carbocycles. The highest BCUT2D eigenvalue weighted by atomic mass is 35.5. The van der Waals surface area contributed by atoms with Gasteiger partial charge in [-0.05, 0) is 48.6 Å². The Hall–Kier alpha value is -0.900. The lowest BCUT2D eigenvalue weighted by atomic mass is 10.1. The Balaban J connectivity index is 2.03. The predicted octanol–water partition coefficient (Wildman–Crippen LogP) is 4.70. The second kappa shape index (κ2) is 5.83. The normalized spacial score (nSPS) is 12.7. The van der Waals surface area contributed by atoms with Gasteiger partial charge in [-0.1, -0.05) is 17.7 Å². The molecule has 1 atom stereocenters. The van der Waals surface area contributed by atoms with Gasteiger partial charge in [-0.25, -0.2) is 4.39 Å². The van der Waals surface area contributed by atoms with Gasteiger partial charge in [0, 0.05) is 22.5 Å². The average Bonchev–Trinajstić information content (AvgIpc) is 2.72. The Labute approximate surface area is 116 Å². The summed E-state index contributed by atoms with van der Waals surface area (Å²) >= 11 is 7.78. The van der Waals surface area contributed by atoms with Crippen molar-refractivity contribution < 1.29 is 4.39 Å². The summed E-state index contributed by atoms with van der Waals surface area (Å²) in [5.74, 6) is -0.301. The van der Waals surface area contributed by atoms with Crippen LogP contribution in [0, 0.1) is 12.7 Å². The van der Waals surface area contributed by atoms with Gasteiger partial charge in [-0.2, -0.15) is 0 Å². The first-order valence-electron chi connectivity index (χ1n) is 5.79. The van der Waals surface area contributed by atoms with Crippen LogP contribution in [-0.4, -0.2) is 0 Å². The fourth-order valence-corrected chi connectivity index (χ4v) is 2.98. The molecule has 4 heteroatoms. The predicted molar refractivity (Wildman–Crippen MR) is 75.7 cm³/mol. The van der Waals surface area contributed by atoms with Gasteiger partial charge in [0.1, 0.15) is 5.82 Å². The van der Waals surface area contributed by atoms with Crippen LogP contribution in [0.4, 0.5) is 4.39 Å². The number of benzene rings is 1. The largest absolute Gasteiger partial charge is 0.305 e. The summed E-state index contributed by atoms with van der Waals surface area (Å²) in [6, 6.07) is 6.73. The summed E-state index contributed by atoms with van der Waals surface area (Å²) in [6.45, 7) is 4.93. The third-order valence-corrected chi connectivity index (χ3v) is 4.32. The van der Waals surface area contributed by atoms with Gasteiger partial charge >= 0.3 is 0 Å². The molecule has 1 unspecified atom stereocenters. The van der Waals surface area contributed by atoms with Crippen LogP contribution in [0.5, 0.6) is 0 Å². The van der Waals surface area contributed by atoms with Crippen molar-refractivity contribution in [1.82, 2.24) is 5.32 Å². The maximum absolute atomic E-state index is 13.0. The first-order chi connectivity index (χ1) is 8.58. The van der Waals surface area contributed by atoms with Gasteiger partial charge in [-0.3, -0.25) is 0 Å². The first-order valence-corrected chi connectivity index (χ1v) is 7.05. The molecule has 0 aliphatic heterocycles. The number of halogens is 2. The van der Waals surface area contributed by atoms with Crippen LogP contribution in [0.15, 0.2) is 29.6 Å². The maximum atomic E-state index is 13.0. The van der Waals surface area contributed by atoms with Crippen molar-refractivity contribution in [1.29, 1.82) is 0 Å². The molecule has 2 rings (SSSR count). The lowest BCUT2D eigenvalue weighted by molar-refractivity contribution is 0.574. The van der Waals surface area contributed by atoms with E-state index >= 15 is 0 Å². The summed E-state index contributed by atoms with van der Waals surface area (Å²) in [6.07, 6.45) is 0. The Morgan fingerprint density at radius 3 is 2.78 bits per heavy atom. The smallest absolute Gasteiger partial charge is 0.124 e. The molecule has 96 valence electrons. The highest BCUT2D eigenvalue weighted by Gasteiger charge is 2.10. The fraction of sp³-hybridized carbons (Fsp3) is 0.286. The molecule has 0 radical (unpaired) electrons. The van der Waals surface area contributed by atoms with Gasteiger partial charge in [-0.15, -0.1) is 11.3 Å². The zero-order chi connectivity index (χ0) is 13.1. The second-order valence-corrected chi connectivity index (χ2v) is 5.70. The van der Waals surface area contributed by atoms with Crippen molar-refractivity contribution in [2.75, 3.05) is 0 Å². The lowest BCUT2D eigenvalue weighted by Gasteiger charge is -2.15. The molecule has 1 N–H and O–H groups in total. The van der Waals surface area contributed by atoms with Gasteiger partial charge in [0.25, 0.3) is 0 Å². The lowest BCUT2D eigenvalue weighted by Crippen LogP contribution is -2.18. The third kappa shape index (κ3) is 3.10. The molecule has 1 heterocycles. The highest BCUT2D eigenvalue weighted by Crippen LogP contribution is 2.24. The van der Waals surface area contributed by atoms with E-state index in [9.17, 15) is 4.39 Å². The topological polar surface area (TPSA) is 12.0 Å². The van der Waals surface area contributed by atoms with Crippen LogP contribution in [-0.2, 0) is 6.54 Å². The standard InChI is InChI=1S/C14H15ClFNS/c1-9-5-6-18-14(9)8-17-10(2)12-4-3-11(16)7-13(12)15/h3-7,10,17H,8H2,1-2H3. The number of nitrogens with one attached hydrogen (secondary N) is 1. The van der Waals surface area contributed by atoms with E-state index in [1.807, 2.05) is 6.92 Å². The molecule has 1 aromatic carbocycles. The number of thiophene rings is 1. The van der Waals surface area contributed by atoms with E-state index in [2.05, 4.69) is 23.7 Å². The summed E-state index contributed by atoms with van der Waals surface area (Å²) in [4.78, 5) is 1.32. The van der Waals surface area contributed by atoms with Gasteiger partial charge in [0.15, 0.2) is 0 Å². The molecule has 0 bridgehead atoms. The summed E-state index contributed by atoms with van der Waals surface area (Å²) < 4.78 is 13.0. The van der Waals surface area contributed by atoms with E-state index < -0.39 is 0 Å². The van der Waals surface area contributed by atoms with Crippen molar-refractivity contribution in [3.05, 3.63) is 56.5 Å². The van der Waals surface area contributed by atoms with Crippen LogP contribution in [0.3, 0.4) is 0 Å². The van der Waals surface area contributed by atoms with E-state index in [1.165, 1.54) is 22.6 Å². The van der Waals surface area contributed by atoms with E-state index in [1.54, 1.807) is 17.4 Å². The maximum Gasteiger partial charge on any atom is 0.124 e. The van der Waals surface area contributed by atoms with Gasteiger partial charge in [0.05, 0.1) is 0 Å². The molecule has 0 saturated carbocycles. The van der Waals surface area contributed by atoms with Crippen molar-refractivity contribution in [3.8, 4) is 0 Å². The Bertz CT molecular complexity index is 538. The summed E-state index contributed by atoms with van der Waals surface area (Å²) in [5.41, 5.74) is 2.22. The van der Waals surface area contributed by atoms with Gasteiger partial charge in [0.2, 0.25) is 0 Å². The van der Waals surface area contributed by atoms with Crippen LogP contribution < -0.4 is 5.32 Å². The van der Waals surface area contributed by atoms with Crippen LogP contribution in [0.2, 0.25) is 5.02 Å². The quantitative estimate of drug-likeness (QED) is 0.858. The molecule has 0 spiro atoms. The molecule has 18 heavy (non-hydrogen) atoms. The number of hydrogen-bond donors (Lipinski definition) is 1. The van der Waals surface area contributed by atoms with E-state index in [4.69, 9.17) is 11.6 Å². The third-order valence-electron chi connectivity index (χ3n) is 2.97. The molecular formula is C14H15ClFNS. The Morgan fingerprint density at radius 2 is 2.17 bits per heavy atom. The molecular weight excluding hydrogens is 269 g/mol. The number of rotatable bonds is 4. The van der Waals surface area contributed by atoms with Gasteiger partial charge < -0.3 is 5.32 Å². The minimum Gasteiger partial charge on any atom is -0.305 e. The van der Waals surface area contributed by atoms with E-state index in [-0.39, 0.29) is 11.9 Å². The van der Waals surface area contributed by atoms with E-state index in [0.29, 0.717) is 5.02 Å². The zero-order valence-electron chi connectivity index (χ0n) is 10.3. The minimum absolute atomic E-state index is 0.0969. The molecule has 0 aliphatic rings. The highest BCUT2D eigenvalue weighted by molar-refractivity contribution is 7.10. The van der Waals surface area contributed by atoms with Crippen LogP contribution in [0.25, 0.3) is 0 Å². The summed E-state index contributed by atoms with van der Waals surface area (Å²) in [7, 11) is 0. The minimum atomic E-state index is -0.301. The fourth-order valence-electron chi connectivity index (χ4n) is 1.79. The first kappa shape index (κ1) is 13.5. The second-order valence-electron chi connectivity index (χ2n) is 4.30. The van der Waals surface area contributed by atoms with Crippen molar-refractivity contribution >= 4 is 22.9 Å². The molecule has 0 amide bonds. The number of hydrogen-bond acceptors (Lipinski definition) is 2. The van der Waals surface area contributed by atoms with E-state index in [0.717, 1.165) is 12.1 Å². The van der Waals surface area contributed by atoms with Crippen LogP contribution >= 0.6 is 22.9 Å². The molecule has 1 nitrogen and oxygen atoms in total. The molecule has 2 aromatic rings. The molecule has 0 fully saturated rings. The number of aryl methyl sites for hydroxylation is 1. The average molecular weight is 284 g/mol.